The van der Waals surface area contributed by atoms with Crippen molar-refractivity contribution in [2.45, 2.75) is 4.90 Å². The second-order valence-corrected chi connectivity index (χ2v) is 8.85. The van der Waals surface area contributed by atoms with Crippen molar-refractivity contribution < 1.29 is 21.9 Å². The molecule has 1 saturated heterocycles. The highest BCUT2D eigenvalue weighted by molar-refractivity contribution is 7.89. The van der Waals surface area contributed by atoms with Gasteiger partial charge in [0, 0.05) is 37.8 Å². The minimum absolute atomic E-state index is 0.148. The number of aromatic nitrogens is 2. The number of halogens is 2. The first-order valence-electron chi connectivity index (χ1n) is 9.57. The van der Waals surface area contributed by atoms with E-state index in [1.54, 1.807) is 7.11 Å². The van der Waals surface area contributed by atoms with Crippen molar-refractivity contribution in [3.05, 3.63) is 66.2 Å². The van der Waals surface area contributed by atoms with Crippen molar-refractivity contribution in [3.8, 4) is 17.0 Å². The zero-order chi connectivity index (χ0) is 22.0. The molecule has 1 aromatic heterocycles. The number of hydrogen-bond donors (Lipinski definition) is 0. The third kappa shape index (κ3) is 4.21. The molecule has 1 fully saturated rings. The SMILES string of the molecule is COc1ccccc1-c1ccc(N2CCN(S(=O)(=O)c3ccc(F)cc3F)CC2)nn1. The summed E-state index contributed by atoms with van der Waals surface area (Å²) in [5, 5.41) is 8.55. The number of rotatable bonds is 5. The van der Waals surface area contributed by atoms with E-state index in [9.17, 15) is 17.2 Å². The summed E-state index contributed by atoms with van der Waals surface area (Å²) in [5.41, 5.74) is 1.48. The molecule has 7 nitrogen and oxygen atoms in total. The van der Waals surface area contributed by atoms with Gasteiger partial charge >= 0.3 is 0 Å². The summed E-state index contributed by atoms with van der Waals surface area (Å²) in [7, 11) is -2.46. The lowest BCUT2D eigenvalue weighted by Crippen LogP contribution is -2.49. The van der Waals surface area contributed by atoms with Gasteiger partial charge in [-0.05, 0) is 36.4 Å². The molecule has 0 N–H and O–H groups in total. The highest BCUT2D eigenvalue weighted by Crippen LogP contribution is 2.28. The van der Waals surface area contributed by atoms with Crippen molar-refractivity contribution in [2.24, 2.45) is 0 Å². The maximum absolute atomic E-state index is 14.0. The van der Waals surface area contributed by atoms with Gasteiger partial charge in [0.25, 0.3) is 0 Å². The van der Waals surface area contributed by atoms with Gasteiger partial charge in [-0.2, -0.15) is 4.31 Å². The molecule has 10 heteroatoms. The molecular formula is C21H20F2N4O3S. The molecule has 2 heterocycles. The maximum Gasteiger partial charge on any atom is 0.246 e. The van der Waals surface area contributed by atoms with E-state index < -0.39 is 26.6 Å². The summed E-state index contributed by atoms with van der Waals surface area (Å²) in [4.78, 5) is 1.38. The molecule has 2 aromatic carbocycles. The minimum atomic E-state index is -4.05. The van der Waals surface area contributed by atoms with Crippen LogP contribution in [0.1, 0.15) is 0 Å². The third-order valence-corrected chi connectivity index (χ3v) is 7.04. The molecule has 0 amide bonds. The summed E-state index contributed by atoms with van der Waals surface area (Å²) in [5.74, 6) is -0.614. The fourth-order valence-electron chi connectivity index (χ4n) is 3.47. The van der Waals surface area contributed by atoms with Crippen LogP contribution in [0.5, 0.6) is 5.75 Å². The first-order valence-corrected chi connectivity index (χ1v) is 11.0. The predicted molar refractivity (Wildman–Crippen MR) is 111 cm³/mol. The molecule has 31 heavy (non-hydrogen) atoms. The Labute approximate surface area is 178 Å². The van der Waals surface area contributed by atoms with Crippen LogP contribution < -0.4 is 9.64 Å². The van der Waals surface area contributed by atoms with Crippen LogP contribution in [0.4, 0.5) is 14.6 Å². The number of methoxy groups -OCH3 is 1. The Kier molecular flexibility index (Phi) is 5.84. The molecule has 0 saturated carbocycles. The topological polar surface area (TPSA) is 75.6 Å². The summed E-state index contributed by atoms with van der Waals surface area (Å²) >= 11 is 0. The summed E-state index contributed by atoms with van der Waals surface area (Å²) in [6.45, 7) is 1.03. The maximum atomic E-state index is 14.0. The molecule has 0 bridgehead atoms. The molecular weight excluding hydrogens is 426 g/mol. The predicted octanol–water partition coefficient (Wildman–Crippen LogP) is 2.94. The number of sulfonamides is 1. The van der Waals surface area contributed by atoms with Gasteiger partial charge in [-0.1, -0.05) is 12.1 Å². The summed E-state index contributed by atoms with van der Waals surface area (Å²) in [6.07, 6.45) is 0. The van der Waals surface area contributed by atoms with E-state index in [1.807, 2.05) is 41.3 Å². The van der Waals surface area contributed by atoms with Gasteiger partial charge in [0.2, 0.25) is 10.0 Å². The van der Waals surface area contributed by atoms with Crippen LogP contribution in [0.2, 0.25) is 0 Å². The van der Waals surface area contributed by atoms with Crippen LogP contribution in [-0.4, -0.2) is 56.2 Å². The number of para-hydroxylation sites is 1. The molecule has 0 unspecified atom stereocenters. The van der Waals surface area contributed by atoms with Crippen molar-refractivity contribution >= 4 is 15.8 Å². The van der Waals surface area contributed by atoms with Crippen LogP contribution in [0.15, 0.2) is 59.5 Å². The quantitative estimate of drug-likeness (QED) is 0.600. The van der Waals surface area contributed by atoms with Crippen molar-refractivity contribution in [1.82, 2.24) is 14.5 Å². The van der Waals surface area contributed by atoms with Gasteiger partial charge in [0.15, 0.2) is 5.82 Å². The van der Waals surface area contributed by atoms with Gasteiger partial charge in [-0.25, -0.2) is 17.2 Å². The highest BCUT2D eigenvalue weighted by atomic mass is 32.2. The summed E-state index contributed by atoms with van der Waals surface area (Å²) < 4.78 is 59.1. The van der Waals surface area contributed by atoms with Gasteiger partial charge in [0.1, 0.15) is 22.3 Å². The molecule has 3 aromatic rings. The average molecular weight is 446 g/mol. The second-order valence-electron chi connectivity index (χ2n) is 6.94. The molecule has 162 valence electrons. The van der Waals surface area contributed by atoms with Crippen molar-refractivity contribution in [1.29, 1.82) is 0 Å². The second kappa shape index (κ2) is 8.56. The van der Waals surface area contributed by atoms with Crippen LogP contribution in [-0.2, 0) is 10.0 Å². The number of nitrogens with zero attached hydrogens (tertiary/aromatic N) is 4. The van der Waals surface area contributed by atoms with E-state index in [0.717, 1.165) is 17.7 Å². The van der Waals surface area contributed by atoms with Crippen molar-refractivity contribution in [2.75, 3.05) is 38.2 Å². The highest BCUT2D eigenvalue weighted by Gasteiger charge is 2.31. The van der Waals surface area contributed by atoms with E-state index >= 15 is 0 Å². The number of anilines is 1. The first kappa shape index (κ1) is 21.1. The molecule has 0 radical (unpaired) electrons. The monoisotopic (exact) mass is 446 g/mol. The van der Waals surface area contributed by atoms with E-state index in [0.29, 0.717) is 36.4 Å². The number of hydrogen-bond acceptors (Lipinski definition) is 6. The first-order chi connectivity index (χ1) is 14.9. The van der Waals surface area contributed by atoms with Crippen LogP contribution in [0.25, 0.3) is 11.3 Å². The summed E-state index contributed by atoms with van der Waals surface area (Å²) in [6, 6.07) is 13.6. The minimum Gasteiger partial charge on any atom is -0.496 e. The molecule has 1 aliphatic heterocycles. The molecule has 1 aliphatic rings. The van der Waals surface area contributed by atoms with Crippen LogP contribution in [0, 0.1) is 11.6 Å². The standard InChI is InChI=1S/C21H20F2N4O3S/c1-30-19-5-3-2-4-16(19)18-7-9-21(25-24-18)26-10-12-27(13-11-26)31(28,29)20-8-6-15(22)14-17(20)23/h2-9,14H,10-13H2,1H3. The van der Waals surface area contributed by atoms with Crippen LogP contribution in [0.3, 0.4) is 0 Å². The Morgan fingerprint density at radius 1 is 0.935 bits per heavy atom. The Bertz CT molecular complexity index is 1180. The lowest BCUT2D eigenvalue weighted by atomic mass is 10.1. The Balaban J connectivity index is 1.46. The van der Waals surface area contributed by atoms with Gasteiger partial charge in [-0.15, -0.1) is 10.2 Å². The molecule has 0 spiro atoms. The van der Waals surface area contributed by atoms with Gasteiger partial charge < -0.3 is 9.64 Å². The smallest absolute Gasteiger partial charge is 0.246 e. The Hall–Kier alpha value is -3.11. The van der Waals surface area contributed by atoms with E-state index in [1.165, 1.54) is 4.31 Å². The van der Waals surface area contributed by atoms with E-state index in [4.69, 9.17) is 4.74 Å². The Morgan fingerprint density at radius 2 is 1.68 bits per heavy atom. The Morgan fingerprint density at radius 3 is 2.32 bits per heavy atom. The fraction of sp³-hybridized carbons (Fsp3) is 0.238. The van der Waals surface area contributed by atoms with E-state index in [-0.39, 0.29) is 13.1 Å². The lowest BCUT2D eigenvalue weighted by molar-refractivity contribution is 0.381. The normalized spacial score (nSPS) is 15.1. The zero-order valence-corrected chi connectivity index (χ0v) is 17.5. The lowest BCUT2D eigenvalue weighted by Gasteiger charge is -2.34. The molecule has 0 atom stereocenters. The zero-order valence-electron chi connectivity index (χ0n) is 16.7. The van der Waals surface area contributed by atoms with Crippen LogP contribution >= 0.6 is 0 Å². The largest absolute Gasteiger partial charge is 0.496 e. The fourth-order valence-corrected chi connectivity index (χ4v) is 4.94. The average Bonchev–Trinajstić information content (AvgIpc) is 2.79. The van der Waals surface area contributed by atoms with Gasteiger partial charge in [-0.3, -0.25) is 0 Å². The van der Waals surface area contributed by atoms with Crippen molar-refractivity contribution in [3.63, 3.8) is 0 Å². The van der Waals surface area contributed by atoms with Gasteiger partial charge in [0.05, 0.1) is 12.8 Å². The number of ether oxygens (including phenoxy) is 1. The third-order valence-electron chi connectivity index (χ3n) is 5.11. The number of piperazine rings is 1. The molecule has 0 aliphatic carbocycles. The molecule has 4 rings (SSSR count). The van der Waals surface area contributed by atoms with E-state index in [2.05, 4.69) is 10.2 Å². The number of benzene rings is 2.